The molecule has 1 amide bonds. The Bertz CT molecular complexity index is 1030. The highest BCUT2D eigenvalue weighted by Crippen LogP contribution is 2.34. The first kappa shape index (κ1) is 17.2. The summed E-state index contributed by atoms with van der Waals surface area (Å²) >= 11 is 0. The van der Waals surface area contributed by atoms with Gasteiger partial charge in [0.2, 0.25) is 0 Å². The van der Waals surface area contributed by atoms with Crippen LogP contribution in [0.25, 0.3) is 11.4 Å². The second kappa shape index (κ2) is 7.19. The molecule has 5 heteroatoms. The molecule has 1 aliphatic rings. The maximum atomic E-state index is 13.1. The maximum absolute atomic E-state index is 13.1. The SMILES string of the molecule is Cc1ccccc1[C@H]1CCCN1C(=O)c1cnc(-c2ccccc2)[nH]c1=O. The summed E-state index contributed by atoms with van der Waals surface area (Å²) in [5.41, 5.74) is 2.81. The van der Waals surface area contributed by atoms with Crippen molar-refractivity contribution in [2.75, 3.05) is 6.54 Å². The molecule has 1 saturated heterocycles. The van der Waals surface area contributed by atoms with Gasteiger partial charge in [-0.05, 0) is 30.9 Å². The summed E-state index contributed by atoms with van der Waals surface area (Å²) in [4.78, 5) is 34.5. The molecule has 136 valence electrons. The molecule has 1 aliphatic heterocycles. The van der Waals surface area contributed by atoms with Crippen LogP contribution in [0, 0.1) is 6.92 Å². The van der Waals surface area contributed by atoms with E-state index in [1.54, 1.807) is 4.90 Å². The number of aryl methyl sites for hydroxylation is 1. The topological polar surface area (TPSA) is 66.1 Å². The fraction of sp³-hybridized carbons (Fsp3) is 0.227. The van der Waals surface area contributed by atoms with Crippen molar-refractivity contribution in [3.63, 3.8) is 0 Å². The molecule has 5 nitrogen and oxygen atoms in total. The smallest absolute Gasteiger partial charge is 0.264 e. The summed E-state index contributed by atoms with van der Waals surface area (Å²) in [6.45, 7) is 2.71. The molecule has 1 N–H and O–H groups in total. The van der Waals surface area contributed by atoms with Gasteiger partial charge in [0.25, 0.3) is 11.5 Å². The van der Waals surface area contributed by atoms with Crippen LogP contribution in [0.3, 0.4) is 0 Å². The summed E-state index contributed by atoms with van der Waals surface area (Å²) in [5.74, 6) is 0.211. The molecule has 0 aliphatic carbocycles. The number of aromatic amines is 1. The van der Waals surface area contributed by atoms with Crippen LogP contribution in [0.15, 0.2) is 65.6 Å². The predicted octanol–water partition coefficient (Wildman–Crippen LogP) is 3.72. The Hall–Kier alpha value is -3.21. The number of carbonyl (C=O) groups is 1. The zero-order valence-corrected chi connectivity index (χ0v) is 15.2. The molecule has 1 atom stereocenters. The van der Waals surface area contributed by atoms with Crippen molar-refractivity contribution >= 4 is 5.91 Å². The predicted molar refractivity (Wildman–Crippen MR) is 104 cm³/mol. The van der Waals surface area contributed by atoms with E-state index in [1.807, 2.05) is 42.5 Å². The number of carbonyl (C=O) groups excluding carboxylic acids is 1. The molecule has 2 heterocycles. The summed E-state index contributed by atoms with van der Waals surface area (Å²) < 4.78 is 0. The van der Waals surface area contributed by atoms with Crippen LogP contribution >= 0.6 is 0 Å². The normalized spacial score (nSPS) is 16.5. The molecule has 0 radical (unpaired) electrons. The van der Waals surface area contributed by atoms with E-state index in [9.17, 15) is 9.59 Å². The van der Waals surface area contributed by atoms with Gasteiger partial charge in [-0.1, -0.05) is 54.6 Å². The van der Waals surface area contributed by atoms with Gasteiger partial charge in [0, 0.05) is 18.3 Å². The molecular formula is C22H21N3O2. The van der Waals surface area contributed by atoms with E-state index in [4.69, 9.17) is 0 Å². The number of nitrogens with zero attached hydrogens (tertiary/aromatic N) is 2. The number of amides is 1. The molecule has 4 rings (SSSR count). The van der Waals surface area contributed by atoms with Crippen molar-refractivity contribution in [2.24, 2.45) is 0 Å². The summed E-state index contributed by atoms with van der Waals surface area (Å²) in [6, 6.07) is 17.5. The van der Waals surface area contributed by atoms with E-state index in [-0.39, 0.29) is 17.5 Å². The highest BCUT2D eigenvalue weighted by Gasteiger charge is 2.32. The van der Waals surface area contributed by atoms with E-state index in [2.05, 4.69) is 29.0 Å². The summed E-state index contributed by atoms with van der Waals surface area (Å²) in [7, 11) is 0. The zero-order chi connectivity index (χ0) is 18.8. The van der Waals surface area contributed by atoms with Crippen LogP contribution in [0.5, 0.6) is 0 Å². The second-order valence-corrected chi connectivity index (χ2v) is 6.85. The highest BCUT2D eigenvalue weighted by atomic mass is 16.2. The largest absolute Gasteiger partial charge is 0.331 e. The summed E-state index contributed by atoms with van der Waals surface area (Å²) in [5, 5.41) is 0. The first-order valence-corrected chi connectivity index (χ1v) is 9.16. The molecule has 0 spiro atoms. The van der Waals surface area contributed by atoms with Crippen molar-refractivity contribution < 1.29 is 4.79 Å². The maximum Gasteiger partial charge on any atom is 0.264 e. The number of benzene rings is 2. The Kier molecular flexibility index (Phi) is 4.59. The third-order valence-corrected chi connectivity index (χ3v) is 5.14. The van der Waals surface area contributed by atoms with E-state index >= 15 is 0 Å². The molecule has 0 unspecified atom stereocenters. The van der Waals surface area contributed by atoms with Crippen molar-refractivity contribution in [3.8, 4) is 11.4 Å². The Morgan fingerprint density at radius 3 is 2.59 bits per heavy atom. The van der Waals surface area contributed by atoms with Crippen molar-refractivity contribution in [1.82, 2.24) is 14.9 Å². The van der Waals surface area contributed by atoms with Crippen LogP contribution in [-0.4, -0.2) is 27.3 Å². The van der Waals surface area contributed by atoms with Gasteiger partial charge in [0.05, 0.1) is 6.04 Å². The van der Waals surface area contributed by atoms with Gasteiger partial charge in [-0.15, -0.1) is 0 Å². The number of nitrogens with one attached hydrogen (secondary N) is 1. The van der Waals surface area contributed by atoms with Gasteiger partial charge in [-0.3, -0.25) is 9.59 Å². The fourth-order valence-corrected chi connectivity index (χ4v) is 3.74. The number of rotatable bonds is 3. The first-order chi connectivity index (χ1) is 13.1. The standard InChI is InChI=1S/C22H21N3O2/c1-15-8-5-6-11-17(15)19-12-7-13-25(19)22(27)18-14-23-20(24-21(18)26)16-9-3-2-4-10-16/h2-6,8-11,14,19H,7,12-13H2,1H3,(H,23,24,26)/t19-/m1/s1. The van der Waals surface area contributed by atoms with Gasteiger partial charge in [0.15, 0.2) is 0 Å². The lowest BCUT2D eigenvalue weighted by Gasteiger charge is -2.26. The minimum Gasteiger partial charge on any atom is -0.331 e. The van der Waals surface area contributed by atoms with Crippen LogP contribution in [0.2, 0.25) is 0 Å². The van der Waals surface area contributed by atoms with Crippen molar-refractivity contribution in [1.29, 1.82) is 0 Å². The number of hydrogen-bond donors (Lipinski definition) is 1. The average molecular weight is 359 g/mol. The van der Waals surface area contributed by atoms with Crippen LogP contribution in [0.1, 0.15) is 40.4 Å². The molecule has 3 aromatic rings. The molecule has 0 bridgehead atoms. The van der Waals surface area contributed by atoms with E-state index in [0.717, 1.165) is 29.5 Å². The summed E-state index contributed by atoms with van der Waals surface area (Å²) in [6.07, 6.45) is 3.24. The third kappa shape index (κ3) is 3.28. The average Bonchev–Trinajstić information content (AvgIpc) is 3.18. The number of likely N-dealkylation sites (tertiary alicyclic amines) is 1. The van der Waals surface area contributed by atoms with Crippen LogP contribution in [0.4, 0.5) is 0 Å². The Balaban J connectivity index is 1.64. The molecule has 1 aromatic heterocycles. The van der Waals surface area contributed by atoms with Gasteiger partial charge < -0.3 is 9.88 Å². The quantitative estimate of drug-likeness (QED) is 0.775. The molecule has 1 fully saturated rings. The molecular weight excluding hydrogens is 338 g/mol. The van der Waals surface area contributed by atoms with Gasteiger partial charge in [-0.2, -0.15) is 0 Å². The monoisotopic (exact) mass is 359 g/mol. The van der Waals surface area contributed by atoms with Crippen LogP contribution < -0.4 is 5.56 Å². The zero-order valence-electron chi connectivity index (χ0n) is 15.2. The lowest BCUT2D eigenvalue weighted by Crippen LogP contribution is -2.35. The van der Waals surface area contributed by atoms with Crippen molar-refractivity contribution in [3.05, 3.63) is 87.8 Å². The fourth-order valence-electron chi connectivity index (χ4n) is 3.74. The van der Waals surface area contributed by atoms with E-state index in [0.29, 0.717) is 12.4 Å². The second-order valence-electron chi connectivity index (χ2n) is 6.85. The number of hydrogen-bond acceptors (Lipinski definition) is 3. The third-order valence-electron chi connectivity index (χ3n) is 5.14. The molecule has 2 aromatic carbocycles. The molecule has 27 heavy (non-hydrogen) atoms. The lowest BCUT2D eigenvalue weighted by atomic mass is 9.99. The highest BCUT2D eigenvalue weighted by molar-refractivity contribution is 5.94. The Morgan fingerprint density at radius 1 is 1.11 bits per heavy atom. The number of H-pyrrole nitrogens is 1. The van der Waals surface area contributed by atoms with Gasteiger partial charge in [-0.25, -0.2) is 4.98 Å². The van der Waals surface area contributed by atoms with Gasteiger partial charge >= 0.3 is 0 Å². The minimum atomic E-state index is -0.399. The van der Waals surface area contributed by atoms with E-state index in [1.165, 1.54) is 6.20 Å². The Labute approximate surface area is 157 Å². The molecule has 0 saturated carbocycles. The lowest BCUT2D eigenvalue weighted by molar-refractivity contribution is 0.0733. The first-order valence-electron chi connectivity index (χ1n) is 9.16. The minimum absolute atomic E-state index is 0.00639. The van der Waals surface area contributed by atoms with Crippen molar-refractivity contribution in [2.45, 2.75) is 25.8 Å². The van der Waals surface area contributed by atoms with Gasteiger partial charge in [0.1, 0.15) is 11.4 Å². The number of aromatic nitrogens is 2. The van der Waals surface area contributed by atoms with Crippen LogP contribution in [-0.2, 0) is 0 Å². The Morgan fingerprint density at radius 2 is 1.85 bits per heavy atom. The van der Waals surface area contributed by atoms with E-state index < -0.39 is 5.56 Å².